The molecule has 34 heavy (non-hydrogen) atoms. The van der Waals surface area contributed by atoms with Gasteiger partial charge in [0.05, 0.1) is 33.8 Å². The van der Waals surface area contributed by atoms with Gasteiger partial charge in [-0.25, -0.2) is 4.39 Å². The third-order valence-electron chi connectivity index (χ3n) is 6.15. The van der Waals surface area contributed by atoms with E-state index in [1.54, 1.807) is 25.5 Å². The Bertz CT molecular complexity index is 1530. The third kappa shape index (κ3) is 3.52. The smallest absolute Gasteiger partial charge is 0.326 e. The number of hydrogen-bond donors (Lipinski definition) is 3. The molecule has 0 radical (unpaired) electrons. The van der Waals surface area contributed by atoms with Gasteiger partial charge >= 0.3 is 6.01 Å². The molecule has 0 saturated carbocycles. The average Bonchev–Trinajstić information content (AvgIpc) is 3.21. The molecule has 6 rings (SSSR count). The van der Waals surface area contributed by atoms with Crippen LogP contribution in [0.25, 0.3) is 33.0 Å². The molecule has 10 heteroatoms. The fraction of sp³-hybridized carbons (Fsp3) is 0.250. The molecule has 4 N–H and O–H groups in total. The van der Waals surface area contributed by atoms with Gasteiger partial charge in [0.2, 0.25) is 0 Å². The molecule has 1 aromatic carbocycles. The van der Waals surface area contributed by atoms with Gasteiger partial charge in [-0.1, -0.05) is 0 Å². The Hall–Kier alpha value is -4.05. The maximum absolute atomic E-state index is 14.5. The predicted molar refractivity (Wildman–Crippen MR) is 130 cm³/mol. The number of nitrogens with two attached hydrogens (primary N) is 1. The summed E-state index contributed by atoms with van der Waals surface area (Å²) in [5.41, 5.74) is 9.70. The average molecular weight is 459 g/mol. The topological polar surface area (TPSA) is 118 Å². The number of piperidine rings is 1. The van der Waals surface area contributed by atoms with Crippen LogP contribution in [0.1, 0.15) is 12.8 Å². The minimum atomic E-state index is -0.339. The Balaban J connectivity index is 1.53. The normalized spacial score (nSPS) is 16.4. The van der Waals surface area contributed by atoms with Crippen molar-refractivity contribution < 1.29 is 9.13 Å². The summed E-state index contributed by atoms with van der Waals surface area (Å²) in [6.07, 6.45) is 5.22. The molecule has 0 aliphatic carbocycles. The van der Waals surface area contributed by atoms with E-state index in [1.165, 1.54) is 12.1 Å². The number of benzene rings is 1. The SMILES string of the molecule is CNc1cc(F)cc2c1[nH]c1nc(Oc3cnc4cccnc4c3)nc(N3CCC[C@H](N)C3)c12. The highest BCUT2D eigenvalue weighted by molar-refractivity contribution is 6.14. The Morgan fingerprint density at radius 1 is 1.21 bits per heavy atom. The first-order chi connectivity index (χ1) is 16.6. The molecule has 5 aromatic rings. The van der Waals surface area contributed by atoms with E-state index in [4.69, 9.17) is 15.5 Å². The summed E-state index contributed by atoms with van der Waals surface area (Å²) in [6.45, 7) is 1.44. The van der Waals surface area contributed by atoms with Crippen molar-refractivity contribution in [2.24, 2.45) is 5.73 Å². The van der Waals surface area contributed by atoms with Crippen molar-refractivity contribution in [2.75, 3.05) is 30.4 Å². The standard InChI is InChI=1S/C24H23FN8O/c1-27-19-9-13(25)8-16-20-22(30-21(16)19)31-24(32-23(20)33-7-3-4-14(26)12-33)34-15-10-18-17(29-11-15)5-2-6-28-18/h2,5-6,8-11,14,27H,3-4,7,12,26H2,1H3,(H,30,31,32)/t14-/m0/s1. The first kappa shape index (κ1) is 20.5. The predicted octanol–water partition coefficient (Wildman–Crippen LogP) is 3.95. The van der Waals surface area contributed by atoms with Crippen LogP contribution in [0.5, 0.6) is 11.8 Å². The van der Waals surface area contributed by atoms with Gasteiger partial charge < -0.3 is 25.7 Å². The molecule has 172 valence electrons. The van der Waals surface area contributed by atoms with E-state index in [0.29, 0.717) is 40.3 Å². The van der Waals surface area contributed by atoms with E-state index >= 15 is 0 Å². The Morgan fingerprint density at radius 3 is 2.97 bits per heavy atom. The zero-order valence-corrected chi connectivity index (χ0v) is 18.5. The van der Waals surface area contributed by atoms with Crippen LogP contribution in [0.15, 0.2) is 42.7 Å². The molecule has 5 heterocycles. The van der Waals surface area contributed by atoms with E-state index in [2.05, 4.69) is 30.2 Å². The molecule has 0 bridgehead atoms. The van der Waals surface area contributed by atoms with Gasteiger partial charge in [0.25, 0.3) is 0 Å². The quantitative estimate of drug-likeness (QED) is 0.370. The lowest BCUT2D eigenvalue weighted by molar-refractivity contribution is 0.440. The van der Waals surface area contributed by atoms with Gasteiger partial charge in [-0.15, -0.1) is 0 Å². The first-order valence-electron chi connectivity index (χ1n) is 11.2. The number of rotatable bonds is 4. The molecule has 4 aromatic heterocycles. The molecule has 9 nitrogen and oxygen atoms in total. The van der Waals surface area contributed by atoms with Crippen LogP contribution in [-0.2, 0) is 0 Å². The molecule has 0 unspecified atom stereocenters. The molecule has 1 saturated heterocycles. The number of anilines is 2. The number of nitrogens with zero attached hydrogens (tertiary/aromatic N) is 5. The minimum Gasteiger partial charge on any atom is -0.422 e. The van der Waals surface area contributed by atoms with Gasteiger partial charge in [-0.2, -0.15) is 9.97 Å². The number of hydrogen-bond acceptors (Lipinski definition) is 8. The summed E-state index contributed by atoms with van der Waals surface area (Å²) in [7, 11) is 1.76. The minimum absolute atomic E-state index is 0.0358. The maximum atomic E-state index is 14.5. The molecule has 1 atom stereocenters. The second kappa shape index (κ2) is 8.07. The zero-order valence-electron chi connectivity index (χ0n) is 18.5. The van der Waals surface area contributed by atoms with Crippen molar-refractivity contribution in [1.82, 2.24) is 24.9 Å². The summed E-state index contributed by atoms with van der Waals surface area (Å²) < 4.78 is 20.5. The van der Waals surface area contributed by atoms with E-state index in [1.807, 2.05) is 12.1 Å². The summed E-state index contributed by atoms with van der Waals surface area (Å²) in [5, 5.41) is 4.50. The number of fused-ring (bicyclic) bond motifs is 4. The fourth-order valence-electron chi connectivity index (χ4n) is 4.59. The molecular formula is C24H23FN8O. The molecule has 1 aliphatic rings. The second-order valence-electron chi connectivity index (χ2n) is 8.47. The summed E-state index contributed by atoms with van der Waals surface area (Å²) in [6, 6.07) is 8.67. The number of aromatic amines is 1. The van der Waals surface area contributed by atoms with Crippen LogP contribution < -0.4 is 20.7 Å². The summed E-state index contributed by atoms with van der Waals surface area (Å²) in [5.74, 6) is 0.806. The van der Waals surface area contributed by atoms with Crippen LogP contribution in [0, 0.1) is 5.82 Å². The van der Waals surface area contributed by atoms with Crippen molar-refractivity contribution in [2.45, 2.75) is 18.9 Å². The van der Waals surface area contributed by atoms with E-state index < -0.39 is 0 Å². The molecule has 0 amide bonds. The van der Waals surface area contributed by atoms with Crippen molar-refractivity contribution in [3.63, 3.8) is 0 Å². The lowest BCUT2D eigenvalue weighted by atomic mass is 10.1. The lowest BCUT2D eigenvalue weighted by Crippen LogP contribution is -2.43. The van der Waals surface area contributed by atoms with Crippen molar-refractivity contribution in [1.29, 1.82) is 0 Å². The Kier molecular flexibility index (Phi) is 4.88. The number of H-pyrrole nitrogens is 1. The van der Waals surface area contributed by atoms with Gasteiger partial charge in [0, 0.05) is 43.8 Å². The molecule has 0 spiro atoms. The fourth-order valence-corrected chi connectivity index (χ4v) is 4.59. The van der Waals surface area contributed by atoms with Crippen molar-refractivity contribution >= 4 is 44.5 Å². The maximum Gasteiger partial charge on any atom is 0.326 e. The number of ether oxygens (including phenoxy) is 1. The van der Waals surface area contributed by atoms with Crippen molar-refractivity contribution in [3.8, 4) is 11.8 Å². The van der Waals surface area contributed by atoms with Crippen molar-refractivity contribution in [3.05, 3.63) is 48.5 Å². The molecule has 1 fully saturated rings. The van der Waals surface area contributed by atoms with Gasteiger partial charge in [0.15, 0.2) is 5.75 Å². The number of nitrogens with one attached hydrogen (secondary N) is 2. The van der Waals surface area contributed by atoms with Crippen LogP contribution in [0.3, 0.4) is 0 Å². The zero-order chi connectivity index (χ0) is 23.2. The van der Waals surface area contributed by atoms with E-state index in [0.717, 1.165) is 35.8 Å². The van der Waals surface area contributed by atoms with Gasteiger partial charge in [-0.05, 0) is 37.1 Å². The number of aromatic nitrogens is 5. The first-order valence-corrected chi connectivity index (χ1v) is 11.2. The Labute approximate surface area is 194 Å². The number of pyridine rings is 2. The highest BCUT2D eigenvalue weighted by Gasteiger charge is 2.25. The lowest BCUT2D eigenvalue weighted by Gasteiger charge is -2.32. The van der Waals surface area contributed by atoms with Crippen LogP contribution in [0.2, 0.25) is 0 Å². The monoisotopic (exact) mass is 458 g/mol. The van der Waals surface area contributed by atoms with E-state index in [9.17, 15) is 4.39 Å². The summed E-state index contributed by atoms with van der Waals surface area (Å²) in [4.78, 5) is 23.6. The number of halogens is 1. The second-order valence-corrected chi connectivity index (χ2v) is 8.47. The molecular weight excluding hydrogens is 435 g/mol. The summed E-state index contributed by atoms with van der Waals surface area (Å²) >= 11 is 0. The Morgan fingerprint density at radius 2 is 2.12 bits per heavy atom. The highest BCUT2D eigenvalue weighted by Crippen LogP contribution is 2.38. The highest BCUT2D eigenvalue weighted by atomic mass is 19.1. The molecule has 1 aliphatic heterocycles. The van der Waals surface area contributed by atoms with E-state index in [-0.39, 0.29) is 17.9 Å². The van der Waals surface area contributed by atoms with Gasteiger partial charge in [-0.3, -0.25) is 9.97 Å². The van der Waals surface area contributed by atoms with Gasteiger partial charge in [0.1, 0.15) is 17.3 Å². The van der Waals surface area contributed by atoms with Crippen LogP contribution >= 0.6 is 0 Å². The largest absolute Gasteiger partial charge is 0.422 e. The van der Waals surface area contributed by atoms with Crippen LogP contribution in [0.4, 0.5) is 15.9 Å². The third-order valence-corrected chi connectivity index (χ3v) is 6.15. The van der Waals surface area contributed by atoms with Crippen LogP contribution in [-0.4, -0.2) is 51.1 Å².